The van der Waals surface area contributed by atoms with Gasteiger partial charge in [0, 0.05) is 25.9 Å². The Hall–Kier alpha value is -1.71. The van der Waals surface area contributed by atoms with Crippen LogP contribution in [-0.2, 0) is 0 Å². The maximum atomic E-state index is 11.0. The van der Waals surface area contributed by atoms with Gasteiger partial charge in [0.05, 0.1) is 0 Å². The third-order valence-electron chi connectivity index (χ3n) is 1.41. The zero-order valence-corrected chi connectivity index (χ0v) is 6.74. The van der Waals surface area contributed by atoms with E-state index >= 15 is 0 Å². The van der Waals surface area contributed by atoms with Crippen LogP contribution in [-0.4, -0.2) is 17.9 Å². The number of amides is 1. The molecular weight excluding hydrogens is 154 g/mol. The average Bonchev–Trinajstić information content (AvgIpc) is 2.17. The van der Waals surface area contributed by atoms with Gasteiger partial charge in [-0.2, -0.15) is 0 Å². The molecule has 0 radical (unpaired) electrons. The lowest BCUT2D eigenvalue weighted by Crippen LogP contribution is -1.98. The molecule has 0 fully saturated rings. The first-order valence-corrected chi connectivity index (χ1v) is 3.43. The molecule has 12 heavy (non-hydrogen) atoms. The van der Waals surface area contributed by atoms with E-state index in [4.69, 9.17) is 0 Å². The molecule has 1 aromatic heterocycles. The predicted molar refractivity (Wildman–Crippen MR) is 46.8 cm³/mol. The van der Waals surface area contributed by atoms with Crippen LogP contribution in [0, 0.1) is 7.05 Å². The summed E-state index contributed by atoms with van der Waals surface area (Å²) in [5.74, 6) is 0.304. The van der Waals surface area contributed by atoms with Crippen molar-refractivity contribution in [2.24, 2.45) is 0 Å². The predicted octanol–water partition coefficient (Wildman–Crippen LogP) is 1.43. The van der Waals surface area contributed by atoms with Crippen LogP contribution in [0.5, 0.6) is 0 Å². The molecule has 4 nitrogen and oxygen atoms in total. The van der Waals surface area contributed by atoms with Gasteiger partial charge >= 0.3 is 0 Å². The molecule has 0 saturated carbocycles. The summed E-state index contributed by atoms with van der Waals surface area (Å²) in [5, 5.41) is 6.11. The minimum atomic E-state index is -0.339. The molecule has 0 spiro atoms. The Bertz CT molecular complexity index is 285. The van der Waals surface area contributed by atoms with Crippen LogP contribution in [0.25, 0.3) is 5.32 Å². The zero-order chi connectivity index (χ0) is 8.97. The molecule has 1 amide bonds. The molecule has 1 N–H and O–H groups in total. The number of nitrogens with zero attached hydrogens (tertiary/aromatic N) is 2. The van der Waals surface area contributed by atoms with Crippen molar-refractivity contribution < 1.29 is 4.79 Å². The largest absolute Gasteiger partial charge is 0.455 e. The van der Waals surface area contributed by atoms with E-state index in [0.29, 0.717) is 11.4 Å². The van der Waals surface area contributed by atoms with Crippen molar-refractivity contribution in [1.82, 2.24) is 4.98 Å². The molecule has 1 rings (SSSR count). The molecule has 0 unspecified atom stereocenters. The molecule has 0 atom stereocenters. The van der Waals surface area contributed by atoms with Gasteiger partial charge < -0.3 is 15.4 Å². The van der Waals surface area contributed by atoms with E-state index in [0.717, 1.165) is 0 Å². The summed E-state index contributed by atoms with van der Waals surface area (Å²) < 4.78 is 0. The fourth-order valence-electron chi connectivity index (χ4n) is 0.792. The Labute approximate surface area is 71.0 Å². The standard InChI is InChI=1S/C8H9N3O/c1-9-7-5-6(3-4-11-7)8(12)10-2/h3-5H,2H2,1H3,(H-,9,10,11,12). The number of rotatable bonds is 2. The minimum Gasteiger partial charge on any atom is -0.455 e. The number of pyridine rings is 1. The molecule has 4 heteroatoms. The summed E-state index contributed by atoms with van der Waals surface area (Å²) in [4.78, 5) is 14.9. The summed E-state index contributed by atoms with van der Waals surface area (Å²) >= 11 is 0. The van der Waals surface area contributed by atoms with Crippen molar-refractivity contribution in [1.29, 1.82) is 0 Å². The van der Waals surface area contributed by atoms with Gasteiger partial charge in [0.25, 0.3) is 0 Å². The highest BCUT2D eigenvalue weighted by atomic mass is 16.1. The van der Waals surface area contributed by atoms with Crippen LogP contribution >= 0.6 is 0 Å². The Balaban J connectivity index is 2.93. The molecule has 1 aromatic rings. The van der Waals surface area contributed by atoms with Gasteiger partial charge in [-0.05, 0) is 12.1 Å². The van der Waals surface area contributed by atoms with Crippen molar-refractivity contribution in [2.75, 3.05) is 12.4 Å². The van der Waals surface area contributed by atoms with Gasteiger partial charge in [0.15, 0.2) is 0 Å². The summed E-state index contributed by atoms with van der Waals surface area (Å²) in [7, 11) is 4.89. The van der Waals surface area contributed by atoms with Crippen LogP contribution in [0.2, 0.25) is 0 Å². The van der Waals surface area contributed by atoms with Crippen molar-refractivity contribution >= 4 is 11.7 Å². The quantitative estimate of drug-likeness (QED) is 0.671. The van der Waals surface area contributed by atoms with Crippen molar-refractivity contribution in [3.63, 3.8) is 0 Å². The van der Waals surface area contributed by atoms with E-state index in [1.54, 1.807) is 25.4 Å². The lowest BCUT2D eigenvalue weighted by Gasteiger charge is -2.05. The maximum absolute atomic E-state index is 11.0. The Morgan fingerprint density at radius 3 is 3.08 bits per heavy atom. The van der Waals surface area contributed by atoms with Crippen LogP contribution < -0.4 is 5.32 Å². The number of hydrogen-bond acceptors (Lipinski definition) is 3. The number of anilines is 1. The van der Waals surface area contributed by atoms with E-state index < -0.39 is 0 Å². The monoisotopic (exact) mass is 163 g/mol. The second-order valence-electron chi connectivity index (χ2n) is 2.14. The van der Waals surface area contributed by atoms with E-state index in [1.807, 2.05) is 0 Å². The molecule has 0 aliphatic carbocycles. The van der Waals surface area contributed by atoms with E-state index in [9.17, 15) is 4.79 Å². The normalized spacial score (nSPS) is 9.08. The second kappa shape index (κ2) is 3.61. The fourth-order valence-corrected chi connectivity index (χ4v) is 0.792. The second-order valence-corrected chi connectivity index (χ2v) is 2.14. The highest BCUT2D eigenvalue weighted by Gasteiger charge is 1.97. The number of aromatic nitrogens is 1. The fraction of sp³-hybridized carbons (Fsp3) is 0.125. The van der Waals surface area contributed by atoms with Gasteiger partial charge in [0.1, 0.15) is 11.7 Å². The molecule has 62 valence electrons. The zero-order valence-electron chi connectivity index (χ0n) is 6.74. The lowest BCUT2D eigenvalue weighted by molar-refractivity contribution is 0.103. The maximum Gasteiger partial charge on any atom is 0.126 e. The smallest absolute Gasteiger partial charge is 0.126 e. The first kappa shape index (κ1) is 8.39. The average molecular weight is 163 g/mol. The Morgan fingerprint density at radius 1 is 1.75 bits per heavy atom. The molecule has 0 aromatic carbocycles. The molecule has 0 saturated heterocycles. The Kier molecular flexibility index (Phi) is 2.53. The van der Waals surface area contributed by atoms with E-state index in [1.165, 1.54) is 0 Å². The van der Waals surface area contributed by atoms with Crippen LogP contribution in [0.3, 0.4) is 0 Å². The minimum absolute atomic E-state index is 0.339. The van der Waals surface area contributed by atoms with Crippen LogP contribution in [0.1, 0.15) is 10.4 Å². The summed E-state index contributed by atoms with van der Waals surface area (Å²) in [6.07, 6.45) is 1.55. The van der Waals surface area contributed by atoms with Crippen LogP contribution in [0.15, 0.2) is 18.3 Å². The number of carbonyl (C=O) groups excluding carboxylic acids is 1. The molecule has 0 aliphatic rings. The van der Waals surface area contributed by atoms with Crippen molar-refractivity contribution in [3.05, 3.63) is 36.3 Å². The van der Waals surface area contributed by atoms with Gasteiger partial charge in [-0.1, -0.05) is 0 Å². The lowest BCUT2D eigenvalue weighted by atomic mass is 10.2. The summed E-state index contributed by atoms with van der Waals surface area (Å²) in [5.41, 5.74) is 0.490. The third kappa shape index (κ3) is 1.66. The van der Waals surface area contributed by atoms with Crippen LogP contribution in [0.4, 0.5) is 5.82 Å². The topological polar surface area (TPSA) is 56.1 Å². The van der Waals surface area contributed by atoms with E-state index in [2.05, 4.69) is 22.7 Å². The van der Waals surface area contributed by atoms with Crippen molar-refractivity contribution in [3.8, 4) is 0 Å². The Morgan fingerprint density at radius 2 is 2.50 bits per heavy atom. The first-order valence-electron chi connectivity index (χ1n) is 3.43. The highest BCUT2D eigenvalue weighted by Crippen LogP contribution is 2.08. The number of hydrogen-bond donors (Lipinski definition) is 1. The highest BCUT2D eigenvalue weighted by molar-refractivity contribution is 6.04. The molecule has 1 heterocycles. The molecule has 0 bridgehead atoms. The number of nitrogens with one attached hydrogen (secondary N) is 1. The van der Waals surface area contributed by atoms with E-state index in [-0.39, 0.29) is 5.91 Å². The number of carbonyl (C=O) groups is 1. The molecule has 0 aliphatic heterocycles. The van der Waals surface area contributed by atoms with Gasteiger partial charge in [-0.3, -0.25) is 0 Å². The summed E-state index contributed by atoms with van der Waals surface area (Å²) in [6.45, 7) is 0. The van der Waals surface area contributed by atoms with Gasteiger partial charge in [-0.15, -0.1) is 0 Å². The molecular formula is C8H9N3O. The SMILES string of the molecule is [CH2+][N-]C(=O)c1ccnc(NC)c1. The first-order chi connectivity index (χ1) is 5.77. The third-order valence-corrected chi connectivity index (χ3v) is 1.41. The summed E-state index contributed by atoms with van der Waals surface area (Å²) in [6, 6.07) is 3.22. The van der Waals surface area contributed by atoms with Gasteiger partial charge in [0.2, 0.25) is 0 Å². The van der Waals surface area contributed by atoms with Gasteiger partial charge in [-0.25, -0.2) is 4.98 Å². The van der Waals surface area contributed by atoms with Crippen molar-refractivity contribution in [2.45, 2.75) is 0 Å².